The Morgan fingerprint density at radius 1 is 1.24 bits per heavy atom. The maximum Gasteiger partial charge on any atom is 0.331 e. The summed E-state index contributed by atoms with van der Waals surface area (Å²) in [6.45, 7) is 4.23. The number of nitriles is 1. The molecule has 41 heavy (non-hydrogen) atoms. The number of primary amides is 1. The number of hydrogen-bond donors (Lipinski definition) is 2. The Morgan fingerprint density at radius 3 is 2.63 bits per heavy atom. The predicted molar refractivity (Wildman–Crippen MR) is 154 cm³/mol. The number of hydrogen-bond acceptors (Lipinski definition) is 6. The third kappa shape index (κ3) is 5.21. The van der Waals surface area contributed by atoms with Crippen molar-refractivity contribution in [2.75, 3.05) is 25.0 Å². The molecule has 2 atom stereocenters. The molecule has 0 radical (unpaired) electrons. The highest BCUT2D eigenvalue weighted by Gasteiger charge is 2.47. The molecule has 214 valence electrons. The molecule has 1 aliphatic carbocycles. The predicted octanol–water partition coefficient (Wildman–Crippen LogP) is 3.31. The number of benzene rings is 2. The van der Waals surface area contributed by atoms with Crippen molar-refractivity contribution in [3.63, 3.8) is 0 Å². The zero-order valence-corrected chi connectivity index (χ0v) is 23.6. The monoisotopic (exact) mass is 578 g/mol. The molecule has 3 aromatic rings. The average Bonchev–Trinajstić information content (AvgIpc) is 3.79. The van der Waals surface area contributed by atoms with Crippen LogP contribution in [0.5, 0.6) is 0 Å². The van der Waals surface area contributed by atoms with Crippen molar-refractivity contribution in [1.82, 2.24) is 14.0 Å². The van der Waals surface area contributed by atoms with E-state index in [1.165, 1.54) is 27.7 Å². The van der Waals surface area contributed by atoms with E-state index in [4.69, 9.17) is 22.1 Å². The van der Waals surface area contributed by atoms with Crippen LogP contribution in [0.1, 0.15) is 50.3 Å². The molecule has 2 heterocycles. The first-order valence-electron chi connectivity index (χ1n) is 13.6. The SMILES string of the molecule is CCC(C)n1c(=O)n(CC2CC2)c(=O)c2cc(C3(C(=O)Nc4ccc(C#N)c(Cl)c4)CN(C(N)=O)CCO3)ccc21. The molecule has 1 saturated carbocycles. The molecule has 3 N–H and O–H groups in total. The Morgan fingerprint density at radius 2 is 2.00 bits per heavy atom. The van der Waals surface area contributed by atoms with Gasteiger partial charge in [0.2, 0.25) is 0 Å². The highest BCUT2D eigenvalue weighted by atomic mass is 35.5. The first kappa shape index (κ1) is 28.4. The Kier molecular flexibility index (Phi) is 7.64. The second kappa shape index (κ2) is 11.0. The summed E-state index contributed by atoms with van der Waals surface area (Å²) in [5, 5.41) is 12.4. The van der Waals surface area contributed by atoms with Gasteiger partial charge in [0.1, 0.15) is 6.07 Å². The number of amides is 3. The molecular weight excluding hydrogens is 548 g/mol. The molecule has 11 nitrogen and oxygen atoms in total. The van der Waals surface area contributed by atoms with E-state index < -0.39 is 23.1 Å². The number of fused-ring (bicyclic) bond motifs is 1. The lowest BCUT2D eigenvalue weighted by Crippen LogP contribution is -2.58. The minimum absolute atomic E-state index is 0.0147. The topological polar surface area (TPSA) is 152 Å². The fourth-order valence-corrected chi connectivity index (χ4v) is 5.46. The third-order valence-corrected chi connectivity index (χ3v) is 8.27. The molecule has 12 heteroatoms. The molecule has 2 aromatic carbocycles. The fraction of sp³-hybridized carbons (Fsp3) is 0.414. The number of urea groups is 1. The van der Waals surface area contributed by atoms with E-state index in [1.54, 1.807) is 22.8 Å². The largest absolute Gasteiger partial charge is 0.357 e. The summed E-state index contributed by atoms with van der Waals surface area (Å²) in [6.07, 6.45) is 2.61. The number of nitrogens with one attached hydrogen (secondary N) is 1. The third-order valence-electron chi connectivity index (χ3n) is 7.95. The molecule has 0 spiro atoms. The van der Waals surface area contributed by atoms with Crippen LogP contribution >= 0.6 is 11.6 Å². The molecule has 5 rings (SSSR count). The Labute approximate surface area is 241 Å². The minimum atomic E-state index is -1.73. The van der Waals surface area contributed by atoms with Gasteiger partial charge < -0.3 is 20.7 Å². The summed E-state index contributed by atoms with van der Waals surface area (Å²) in [4.78, 5) is 54.7. The number of anilines is 1. The van der Waals surface area contributed by atoms with Crippen LogP contribution in [-0.2, 0) is 21.7 Å². The number of carbonyl (C=O) groups excluding carboxylic acids is 2. The Bertz CT molecular complexity index is 1700. The molecule has 2 fully saturated rings. The zero-order chi connectivity index (χ0) is 29.5. The van der Waals surface area contributed by atoms with Crippen LogP contribution in [0.4, 0.5) is 10.5 Å². The Hall–Kier alpha value is -4.14. The summed E-state index contributed by atoms with van der Waals surface area (Å²) in [5.41, 5.74) is 4.44. The van der Waals surface area contributed by atoms with Gasteiger partial charge in [0.15, 0.2) is 5.60 Å². The molecule has 2 unspecified atom stereocenters. The highest BCUT2D eigenvalue weighted by Crippen LogP contribution is 2.34. The molecule has 0 bridgehead atoms. The fourth-order valence-electron chi connectivity index (χ4n) is 5.23. The maximum absolute atomic E-state index is 14.0. The van der Waals surface area contributed by atoms with E-state index >= 15 is 0 Å². The number of nitrogens with two attached hydrogens (primary N) is 1. The van der Waals surface area contributed by atoms with Crippen molar-refractivity contribution in [1.29, 1.82) is 5.26 Å². The highest BCUT2D eigenvalue weighted by molar-refractivity contribution is 6.32. The van der Waals surface area contributed by atoms with Crippen molar-refractivity contribution >= 4 is 40.1 Å². The van der Waals surface area contributed by atoms with Crippen LogP contribution in [0.25, 0.3) is 10.9 Å². The van der Waals surface area contributed by atoms with Gasteiger partial charge in [0, 0.05) is 24.8 Å². The van der Waals surface area contributed by atoms with Crippen molar-refractivity contribution in [3.05, 3.63) is 73.4 Å². The van der Waals surface area contributed by atoms with Gasteiger partial charge in [-0.2, -0.15) is 5.26 Å². The standard InChI is InChI=1S/C29H31ClN6O5/c1-3-17(2)36-24-9-7-20(12-22(24)25(37)35(28(36)40)15-18-4-5-18)29(16-34(27(32)39)10-11-41-29)26(38)33-21-8-6-19(14-31)23(30)13-21/h6-9,12-13,17-18H,3-5,10-11,15-16H2,1-2H3,(H2,32,39)(H,33,38). The van der Waals surface area contributed by atoms with Gasteiger partial charge in [0.05, 0.1) is 34.6 Å². The number of rotatable bonds is 7. The van der Waals surface area contributed by atoms with Crippen molar-refractivity contribution in [2.24, 2.45) is 11.7 Å². The lowest BCUT2D eigenvalue weighted by atomic mass is 9.89. The summed E-state index contributed by atoms with van der Waals surface area (Å²) in [5.74, 6) is -0.328. The number of ether oxygens (including phenoxy) is 1. The van der Waals surface area contributed by atoms with Gasteiger partial charge in [-0.3, -0.25) is 18.7 Å². The second-order valence-electron chi connectivity index (χ2n) is 10.7. The van der Waals surface area contributed by atoms with Crippen LogP contribution in [0.2, 0.25) is 5.02 Å². The maximum atomic E-state index is 14.0. The summed E-state index contributed by atoms with van der Waals surface area (Å²) in [7, 11) is 0. The van der Waals surface area contributed by atoms with E-state index in [1.807, 2.05) is 19.9 Å². The van der Waals surface area contributed by atoms with Gasteiger partial charge in [-0.1, -0.05) is 24.6 Å². The zero-order valence-electron chi connectivity index (χ0n) is 22.9. The lowest BCUT2D eigenvalue weighted by Gasteiger charge is -2.41. The quantitative estimate of drug-likeness (QED) is 0.438. The molecule has 2 aliphatic rings. The molecule has 1 aliphatic heterocycles. The summed E-state index contributed by atoms with van der Waals surface area (Å²) < 4.78 is 9.05. The van der Waals surface area contributed by atoms with E-state index in [0.29, 0.717) is 29.7 Å². The van der Waals surface area contributed by atoms with E-state index in [9.17, 15) is 24.4 Å². The number of nitrogens with zero attached hydrogens (tertiary/aromatic N) is 4. The minimum Gasteiger partial charge on any atom is -0.357 e. The lowest BCUT2D eigenvalue weighted by molar-refractivity contribution is -0.153. The molecular formula is C29H31ClN6O5. The normalized spacial score (nSPS) is 19.5. The van der Waals surface area contributed by atoms with Gasteiger partial charge in [0.25, 0.3) is 11.5 Å². The smallest absolute Gasteiger partial charge is 0.331 e. The molecule has 3 amide bonds. The first-order chi connectivity index (χ1) is 19.6. The summed E-state index contributed by atoms with van der Waals surface area (Å²) in [6, 6.07) is 10.4. The van der Waals surface area contributed by atoms with Crippen LogP contribution in [-0.4, -0.2) is 45.7 Å². The number of morpholine rings is 1. The number of halogens is 1. The summed E-state index contributed by atoms with van der Waals surface area (Å²) >= 11 is 6.18. The van der Waals surface area contributed by atoms with Crippen molar-refractivity contribution in [3.8, 4) is 6.07 Å². The van der Waals surface area contributed by atoms with Crippen molar-refractivity contribution in [2.45, 2.75) is 51.3 Å². The van der Waals surface area contributed by atoms with Gasteiger partial charge in [-0.25, -0.2) is 9.59 Å². The van der Waals surface area contributed by atoms with Gasteiger partial charge in [-0.15, -0.1) is 0 Å². The van der Waals surface area contributed by atoms with Gasteiger partial charge >= 0.3 is 11.7 Å². The van der Waals surface area contributed by atoms with E-state index in [-0.39, 0.29) is 53.3 Å². The number of carbonyl (C=O) groups is 2. The van der Waals surface area contributed by atoms with Crippen LogP contribution < -0.4 is 22.3 Å². The first-order valence-corrected chi connectivity index (χ1v) is 14.0. The Balaban J connectivity index is 1.67. The van der Waals surface area contributed by atoms with Gasteiger partial charge in [-0.05, 0) is 68.0 Å². The second-order valence-corrected chi connectivity index (χ2v) is 11.1. The molecule has 1 aromatic heterocycles. The van der Waals surface area contributed by atoms with Crippen LogP contribution in [0.15, 0.2) is 46.0 Å². The van der Waals surface area contributed by atoms with E-state index in [2.05, 4.69) is 5.32 Å². The van der Waals surface area contributed by atoms with Crippen molar-refractivity contribution < 1.29 is 14.3 Å². The number of aromatic nitrogens is 2. The van der Waals surface area contributed by atoms with Crippen LogP contribution in [0.3, 0.4) is 0 Å². The average molecular weight is 579 g/mol. The van der Waals surface area contributed by atoms with E-state index in [0.717, 1.165) is 12.8 Å². The van der Waals surface area contributed by atoms with Crippen LogP contribution in [0, 0.1) is 17.2 Å². The molecule has 1 saturated heterocycles.